The highest BCUT2D eigenvalue weighted by atomic mass is 16.1. The molecule has 17 heavy (non-hydrogen) atoms. The van der Waals surface area contributed by atoms with Gasteiger partial charge in [0.05, 0.1) is 12.1 Å². The zero-order valence-corrected chi connectivity index (χ0v) is 10.7. The van der Waals surface area contributed by atoms with Crippen molar-refractivity contribution >= 4 is 17.4 Å². The Morgan fingerprint density at radius 2 is 1.94 bits per heavy atom. The maximum atomic E-state index is 11.4. The number of anilines is 2. The van der Waals surface area contributed by atoms with E-state index in [0.29, 0.717) is 6.42 Å². The molecule has 0 saturated heterocycles. The molecule has 92 valence electrons. The summed E-state index contributed by atoms with van der Waals surface area (Å²) in [7, 11) is 0. The van der Waals surface area contributed by atoms with Gasteiger partial charge in [0.15, 0.2) is 5.82 Å². The highest BCUT2D eigenvalue weighted by molar-refractivity contribution is 6.01. The minimum atomic E-state index is -0.0120. The number of fused-ring (bicyclic) bond motifs is 1. The van der Waals surface area contributed by atoms with Crippen LogP contribution >= 0.6 is 0 Å². The molecule has 1 amide bonds. The van der Waals surface area contributed by atoms with Crippen LogP contribution in [0.2, 0.25) is 0 Å². The first-order chi connectivity index (χ1) is 7.97. The predicted molar refractivity (Wildman–Crippen MR) is 67.2 cm³/mol. The van der Waals surface area contributed by atoms with Gasteiger partial charge in [0, 0.05) is 12.0 Å². The van der Waals surface area contributed by atoms with Crippen molar-refractivity contribution in [3.8, 4) is 0 Å². The van der Waals surface area contributed by atoms with E-state index in [-0.39, 0.29) is 17.9 Å². The van der Waals surface area contributed by atoms with Gasteiger partial charge in [-0.3, -0.25) is 4.79 Å². The van der Waals surface area contributed by atoms with Gasteiger partial charge in [-0.2, -0.15) is 0 Å². The number of rotatable bonds is 3. The molecule has 5 nitrogen and oxygen atoms in total. The molecule has 0 atom stereocenters. The van der Waals surface area contributed by atoms with Gasteiger partial charge in [0.2, 0.25) is 5.91 Å². The van der Waals surface area contributed by atoms with Crippen LogP contribution in [0.4, 0.5) is 11.5 Å². The third-order valence-corrected chi connectivity index (χ3v) is 2.54. The Kier molecular flexibility index (Phi) is 3.00. The number of hydrogen-bond acceptors (Lipinski definition) is 4. The number of nitrogens with one attached hydrogen (secondary N) is 2. The van der Waals surface area contributed by atoms with Crippen LogP contribution in [-0.4, -0.2) is 21.9 Å². The van der Waals surface area contributed by atoms with Crippen LogP contribution < -0.4 is 10.6 Å². The quantitative estimate of drug-likeness (QED) is 0.838. The lowest BCUT2D eigenvalue weighted by Crippen LogP contribution is -2.15. The van der Waals surface area contributed by atoms with Crippen molar-refractivity contribution in [3.05, 3.63) is 11.5 Å². The topological polar surface area (TPSA) is 66.9 Å². The number of nitrogens with zero attached hydrogens (tertiary/aromatic N) is 2. The summed E-state index contributed by atoms with van der Waals surface area (Å²) in [5, 5.41) is 6.07. The van der Waals surface area contributed by atoms with Gasteiger partial charge in [-0.1, -0.05) is 13.8 Å². The highest BCUT2D eigenvalue weighted by Gasteiger charge is 2.25. The Balaban J connectivity index is 2.45. The fourth-order valence-corrected chi connectivity index (χ4v) is 1.76. The minimum Gasteiger partial charge on any atom is -0.366 e. The smallest absolute Gasteiger partial charge is 0.230 e. The lowest BCUT2D eigenvalue weighted by molar-refractivity contribution is -0.115. The van der Waals surface area contributed by atoms with E-state index in [4.69, 9.17) is 0 Å². The van der Waals surface area contributed by atoms with E-state index in [0.717, 1.165) is 23.0 Å². The van der Waals surface area contributed by atoms with Gasteiger partial charge in [-0.15, -0.1) is 0 Å². The van der Waals surface area contributed by atoms with E-state index >= 15 is 0 Å². The van der Waals surface area contributed by atoms with Crippen molar-refractivity contribution in [2.24, 2.45) is 0 Å². The van der Waals surface area contributed by atoms with Gasteiger partial charge in [-0.05, 0) is 13.8 Å². The summed E-state index contributed by atoms with van der Waals surface area (Å²) in [4.78, 5) is 20.3. The van der Waals surface area contributed by atoms with Crippen molar-refractivity contribution in [2.75, 3.05) is 10.6 Å². The van der Waals surface area contributed by atoms with Crippen molar-refractivity contribution in [1.29, 1.82) is 0 Å². The second-order valence-corrected chi connectivity index (χ2v) is 4.93. The molecule has 0 aromatic carbocycles. The predicted octanol–water partition coefficient (Wildman–Crippen LogP) is 1.91. The second kappa shape index (κ2) is 4.31. The lowest BCUT2D eigenvalue weighted by Gasteiger charge is -2.15. The third-order valence-electron chi connectivity index (χ3n) is 2.54. The molecule has 1 aliphatic heterocycles. The molecule has 2 rings (SSSR count). The maximum Gasteiger partial charge on any atom is 0.230 e. The second-order valence-electron chi connectivity index (χ2n) is 4.93. The maximum absolute atomic E-state index is 11.4. The molecular weight excluding hydrogens is 216 g/mol. The highest BCUT2D eigenvalue weighted by Crippen LogP contribution is 2.30. The fraction of sp³-hybridized carbons (Fsp3) is 0.583. The van der Waals surface area contributed by atoms with Gasteiger partial charge in [0.1, 0.15) is 11.5 Å². The molecule has 5 heteroatoms. The van der Waals surface area contributed by atoms with Crippen molar-refractivity contribution in [3.63, 3.8) is 0 Å². The Morgan fingerprint density at radius 3 is 2.53 bits per heavy atom. The first-order valence-corrected chi connectivity index (χ1v) is 5.94. The van der Waals surface area contributed by atoms with E-state index in [1.807, 2.05) is 27.7 Å². The zero-order valence-electron chi connectivity index (χ0n) is 10.7. The Hall–Kier alpha value is -1.65. The SMILES string of the molecule is CC(C)Nc1nc(C(C)C)nc2c1NC(=O)C2. The van der Waals surface area contributed by atoms with Gasteiger partial charge < -0.3 is 10.6 Å². The summed E-state index contributed by atoms with van der Waals surface area (Å²) in [5.74, 6) is 1.76. The normalized spacial score (nSPS) is 14.1. The summed E-state index contributed by atoms with van der Waals surface area (Å²) in [6.07, 6.45) is 0.352. The molecule has 1 aliphatic rings. The van der Waals surface area contributed by atoms with Crippen LogP contribution in [-0.2, 0) is 11.2 Å². The average Bonchev–Trinajstić information content (AvgIpc) is 2.57. The first-order valence-electron chi connectivity index (χ1n) is 5.94. The van der Waals surface area contributed by atoms with Crippen LogP contribution in [0.5, 0.6) is 0 Å². The monoisotopic (exact) mass is 234 g/mol. The van der Waals surface area contributed by atoms with E-state index in [9.17, 15) is 4.79 Å². The van der Waals surface area contributed by atoms with Crippen molar-refractivity contribution in [1.82, 2.24) is 9.97 Å². The van der Waals surface area contributed by atoms with Crippen LogP contribution in [0.1, 0.15) is 45.1 Å². The zero-order chi connectivity index (χ0) is 12.6. The van der Waals surface area contributed by atoms with Crippen LogP contribution in [0.25, 0.3) is 0 Å². The molecule has 1 aromatic rings. The average molecular weight is 234 g/mol. The molecule has 1 aromatic heterocycles. The summed E-state index contributed by atoms with van der Waals surface area (Å²) in [5.41, 5.74) is 1.55. The molecule has 0 aliphatic carbocycles. The largest absolute Gasteiger partial charge is 0.366 e. The fourth-order valence-electron chi connectivity index (χ4n) is 1.76. The summed E-state index contributed by atoms with van der Waals surface area (Å²) in [6.45, 7) is 8.18. The Bertz CT molecular complexity index is 454. The molecule has 2 heterocycles. The molecule has 0 bridgehead atoms. The van der Waals surface area contributed by atoms with E-state index < -0.39 is 0 Å². The van der Waals surface area contributed by atoms with Gasteiger partial charge in [0.25, 0.3) is 0 Å². The van der Waals surface area contributed by atoms with E-state index in [2.05, 4.69) is 20.6 Å². The Labute approximate surface area is 101 Å². The number of carbonyl (C=O) groups excluding carboxylic acids is 1. The number of amides is 1. The molecule has 0 unspecified atom stereocenters. The Morgan fingerprint density at radius 1 is 1.24 bits per heavy atom. The minimum absolute atomic E-state index is 0.0120. The summed E-state index contributed by atoms with van der Waals surface area (Å²) < 4.78 is 0. The standard InChI is InChI=1S/C12H18N4O/c1-6(2)11-14-8-5-9(17)15-10(8)12(16-11)13-7(3)4/h6-7H,5H2,1-4H3,(H,15,17)(H,13,14,16). The number of aromatic nitrogens is 2. The number of hydrogen-bond donors (Lipinski definition) is 2. The van der Waals surface area contributed by atoms with Crippen molar-refractivity contribution in [2.45, 2.75) is 46.1 Å². The summed E-state index contributed by atoms with van der Waals surface area (Å²) in [6, 6.07) is 0.270. The molecule has 0 fully saturated rings. The van der Waals surface area contributed by atoms with E-state index in [1.54, 1.807) is 0 Å². The number of carbonyl (C=O) groups is 1. The molecular formula is C12H18N4O. The molecule has 2 N–H and O–H groups in total. The van der Waals surface area contributed by atoms with Gasteiger partial charge >= 0.3 is 0 Å². The molecule has 0 spiro atoms. The molecule has 0 saturated carbocycles. The first kappa shape index (κ1) is 11.8. The lowest BCUT2D eigenvalue weighted by atomic mass is 10.2. The van der Waals surface area contributed by atoms with Crippen LogP contribution in [0.3, 0.4) is 0 Å². The van der Waals surface area contributed by atoms with E-state index in [1.165, 1.54) is 0 Å². The van der Waals surface area contributed by atoms with Crippen LogP contribution in [0, 0.1) is 0 Å². The summed E-state index contributed by atoms with van der Waals surface area (Å²) >= 11 is 0. The molecule has 0 radical (unpaired) electrons. The third kappa shape index (κ3) is 2.38. The van der Waals surface area contributed by atoms with Gasteiger partial charge in [-0.25, -0.2) is 9.97 Å². The van der Waals surface area contributed by atoms with Crippen LogP contribution in [0.15, 0.2) is 0 Å². The van der Waals surface area contributed by atoms with Crippen molar-refractivity contribution < 1.29 is 4.79 Å².